The first-order chi connectivity index (χ1) is 6.36. The predicted molar refractivity (Wildman–Crippen MR) is 52.8 cm³/mol. The Morgan fingerprint density at radius 2 is 2.62 bits per heavy atom. The smallest absolute Gasteiger partial charge is 0.186 e. The van der Waals surface area contributed by atoms with Crippen LogP contribution in [0.1, 0.15) is 12.8 Å². The standard InChI is InChI=1S/C8H14N4S/c1-12-8(10-6-11-12)13-7-3-2-4-9-5-7/h6-7,9H,2-5H2,1H3. The van der Waals surface area contributed by atoms with E-state index in [0.29, 0.717) is 5.25 Å². The highest BCUT2D eigenvalue weighted by molar-refractivity contribution is 7.99. The summed E-state index contributed by atoms with van der Waals surface area (Å²) in [7, 11) is 1.94. The van der Waals surface area contributed by atoms with Crippen LogP contribution in [0.4, 0.5) is 0 Å². The summed E-state index contributed by atoms with van der Waals surface area (Å²) in [6, 6.07) is 0. The predicted octanol–water partition coefficient (Wildman–Crippen LogP) is 0.659. The van der Waals surface area contributed by atoms with Gasteiger partial charge in [-0.1, -0.05) is 11.8 Å². The van der Waals surface area contributed by atoms with Gasteiger partial charge in [0, 0.05) is 18.8 Å². The highest BCUT2D eigenvalue weighted by atomic mass is 32.2. The van der Waals surface area contributed by atoms with Gasteiger partial charge in [-0.3, -0.25) is 0 Å². The molecule has 0 radical (unpaired) electrons. The molecule has 1 saturated heterocycles. The van der Waals surface area contributed by atoms with Gasteiger partial charge in [-0.15, -0.1) is 0 Å². The molecule has 1 fully saturated rings. The molecule has 1 N–H and O–H groups in total. The second kappa shape index (κ2) is 4.11. The summed E-state index contributed by atoms with van der Waals surface area (Å²) in [5, 5.41) is 9.12. The number of aryl methyl sites for hydroxylation is 1. The van der Waals surface area contributed by atoms with Crippen molar-refractivity contribution in [2.24, 2.45) is 7.05 Å². The number of nitrogens with zero attached hydrogens (tertiary/aromatic N) is 3. The van der Waals surface area contributed by atoms with Gasteiger partial charge in [0.05, 0.1) is 0 Å². The molecular weight excluding hydrogens is 184 g/mol. The monoisotopic (exact) mass is 198 g/mol. The zero-order valence-electron chi connectivity index (χ0n) is 7.73. The van der Waals surface area contributed by atoms with Gasteiger partial charge in [0.2, 0.25) is 0 Å². The molecule has 0 saturated carbocycles. The van der Waals surface area contributed by atoms with E-state index in [9.17, 15) is 0 Å². The molecule has 1 unspecified atom stereocenters. The van der Waals surface area contributed by atoms with Gasteiger partial charge in [0.15, 0.2) is 5.16 Å². The Labute approximate surface area is 82.1 Å². The maximum Gasteiger partial charge on any atom is 0.186 e. The number of piperidine rings is 1. The normalized spacial score (nSPS) is 23.3. The van der Waals surface area contributed by atoms with E-state index in [-0.39, 0.29) is 0 Å². The molecule has 13 heavy (non-hydrogen) atoms. The minimum Gasteiger partial charge on any atom is -0.316 e. The van der Waals surface area contributed by atoms with Crippen LogP contribution < -0.4 is 5.32 Å². The van der Waals surface area contributed by atoms with Crippen LogP contribution in [-0.4, -0.2) is 33.1 Å². The van der Waals surface area contributed by atoms with E-state index in [2.05, 4.69) is 15.4 Å². The van der Waals surface area contributed by atoms with Crippen LogP contribution in [0.3, 0.4) is 0 Å². The van der Waals surface area contributed by atoms with Crippen LogP contribution in [0.25, 0.3) is 0 Å². The van der Waals surface area contributed by atoms with E-state index in [1.54, 1.807) is 6.33 Å². The average Bonchev–Trinajstić information content (AvgIpc) is 2.54. The molecule has 1 aromatic rings. The second-order valence-electron chi connectivity index (χ2n) is 3.25. The van der Waals surface area contributed by atoms with E-state index >= 15 is 0 Å². The highest BCUT2D eigenvalue weighted by Crippen LogP contribution is 2.24. The van der Waals surface area contributed by atoms with Crippen LogP contribution >= 0.6 is 11.8 Å². The Bertz CT molecular complexity index is 267. The van der Waals surface area contributed by atoms with E-state index in [1.165, 1.54) is 12.8 Å². The van der Waals surface area contributed by atoms with Crippen molar-refractivity contribution < 1.29 is 0 Å². The molecule has 0 bridgehead atoms. The molecule has 2 heterocycles. The Balaban J connectivity index is 1.93. The zero-order chi connectivity index (χ0) is 9.10. The third-order valence-electron chi connectivity index (χ3n) is 2.19. The van der Waals surface area contributed by atoms with E-state index < -0.39 is 0 Å². The van der Waals surface area contributed by atoms with Gasteiger partial charge in [0.25, 0.3) is 0 Å². The van der Waals surface area contributed by atoms with Crippen molar-refractivity contribution in [2.75, 3.05) is 13.1 Å². The van der Waals surface area contributed by atoms with Crippen LogP contribution in [-0.2, 0) is 7.05 Å². The summed E-state index contributed by atoms with van der Waals surface area (Å²) in [6.45, 7) is 2.26. The average molecular weight is 198 g/mol. The fraction of sp³-hybridized carbons (Fsp3) is 0.750. The van der Waals surface area contributed by atoms with Gasteiger partial charge >= 0.3 is 0 Å². The first kappa shape index (κ1) is 9.02. The Morgan fingerprint density at radius 3 is 3.23 bits per heavy atom. The third-order valence-corrected chi connectivity index (χ3v) is 3.51. The highest BCUT2D eigenvalue weighted by Gasteiger charge is 2.16. The number of aromatic nitrogens is 3. The van der Waals surface area contributed by atoms with Gasteiger partial charge in [-0.2, -0.15) is 5.10 Å². The molecule has 0 spiro atoms. The third kappa shape index (κ3) is 2.22. The fourth-order valence-corrected chi connectivity index (χ4v) is 2.55. The first-order valence-electron chi connectivity index (χ1n) is 4.57. The Hall–Kier alpha value is -0.550. The number of hydrogen-bond acceptors (Lipinski definition) is 4. The minimum absolute atomic E-state index is 0.664. The molecule has 5 heteroatoms. The van der Waals surface area contributed by atoms with Crippen LogP contribution in [0, 0.1) is 0 Å². The van der Waals surface area contributed by atoms with Crippen molar-refractivity contribution >= 4 is 11.8 Å². The molecule has 1 aliphatic rings. The second-order valence-corrected chi connectivity index (χ2v) is 4.52. The maximum atomic E-state index is 4.20. The molecule has 0 aliphatic carbocycles. The summed E-state index contributed by atoms with van der Waals surface area (Å²) < 4.78 is 1.83. The molecule has 72 valence electrons. The fourth-order valence-electron chi connectivity index (χ4n) is 1.46. The lowest BCUT2D eigenvalue weighted by molar-refractivity contribution is 0.529. The zero-order valence-corrected chi connectivity index (χ0v) is 8.55. The van der Waals surface area contributed by atoms with Crippen molar-refractivity contribution in [3.05, 3.63) is 6.33 Å². The molecule has 1 atom stereocenters. The SMILES string of the molecule is Cn1ncnc1SC1CCCNC1. The number of nitrogens with one attached hydrogen (secondary N) is 1. The van der Waals surface area contributed by atoms with Crippen molar-refractivity contribution in [1.82, 2.24) is 20.1 Å². The van der Waals surface area contributed by atoms with Crippen LogP contribution in [0.5, 0.6) is 0 Å². The lowest BCUT2D eigenvalue weighted by Crippen LogP contribution is -2.31. The van der Waals surface area contributed by atoms with Crippen molar-refractivity contribution in [2.45, 2.75) is 23.2 Å². The van der Waals surface area contributed by atoms with E-state index in [4.69, 9.17) is 0 Å². The maximum absolute atomic E-state index is 4.20. The quantitative estimate of drug-likeness (QED) is 0.758. The van der Waals surface area contributed by atoms with Crippen molar-refractivity contribution in [1.29, 1.82) is 0 Å². The van der Waals surface area contributed by atoms with Crippen LogP contribution in [0.15, 0.2) is 11.5 Å². The number of thioether (sulfide) groups is 1. The summed E-state index contributed by atoms with van der Waals surface area (Å²) in [5.41, 5.74) is 0. The van der Waals surface area contributed by atoms with Gasteiger partial charge in [-0.25, -0.2) is 9.67 Å². The van der Waals surface area contributed by atoms with Gasteiger partial charge in [-0.05, 0) is 19.4 Å². The molecule has 1 aliphatic heterocycles. The van der Waals surface area contributed by atoms with Crippen LogP contribution in [0.2, 0.25) is 0 Å². The number of hydrogen-bond donors (Lipinski definition) is 1. The Kier molecular flexibility index (Phi) is 2.85. The molecule has 0 amide bonds. The number of rotatable bonds is 2. The summed E-state index contributed by atoms with van der Waals surface area (Å²) >= 11 is 1.82. The van der Waals surface area contributed by atoms with Gasteiger partial charge in [0.1, 0.15) is 6.33 Å². The largest absolute Gasteiger partial charge is 0.316 e. The first-order valence-corrected chi connectivity index (χ1v) is 5.45. The molecule has 2 rings (SSSR count). The van der Waals surface area contributed by atoms with Crippen molar-refractivity contribution in [3.63, 3.8) is 0 Å². The van der Waals surface area contributed by atoms with Gasteiger partial charge < -0.3 is 5.32 Å². The summed E-state index contributed by atoms with van der Waals surface area (Å²) in [4.78, 5) is 4.20. The van der Waals surface area contributed by atoms with E-state index in [0.717, 1.165) is 18.2 Å². The summed E-state index contributed by atoms with van der Waals surface area (Å²) in [6.07, 6.45) is 4.17. The minimum atomic E-state index is 0.664. The molecule has 1 aromatic heterocycles. The van der Waals surface area contributed by atoms with E-state index in [1.807, 2.05) is 23.5 Å². The Morgan fingerprint density at radius 1 is 1.69 bits per heavy atom. The molecular formula is C8H14N4S. The lowest BCUT2D eigenvalue weighted by atomic mass is 10.2. The van der Waals surface area contributed by atoms with Crippen molar-refractivity contribution in [3.8, 4) is 0 Å². The molecule has 4 nitrogen and oxygen atoms in total. The topological polar surface area (TPSA) is 42.7 Å². The molecule has 0 aromatic carbocycles. The summed E-state index contributed by atoms with van der Waals surface area (Å²) in [5.74, 6) is 0. The lowest BCUT2D eigenvalue weighted by Gasteiger charge is -2.21.